The second kappa shape index (κ2) is 22.3. The molecule has 11 heteroatoms. The molecule has 0 saturated carbocycles. The molecule has 0 unspecified atom stereocenters. The standard InChI is InChI=1S/C13H25NO4.C9H17NO4.HI/c1-4-5-8-17-11(15)7-6-9-18-13(16)12(14)10(2)3;1-6(2)8(10)9(13)14-5-3-4-7(11)12;/h10,12H,4-9,14H2,1-3H3;6,8H,3-5,10H2,1-2H3,(H,11,12);1H/t12-;8-;/m00./s1/i/hD. The van der Waals surface area contributed by atoms with Gasteiger partial charge in [0.2, 0.25) is 0 Å². The first-order valence-electron chi connectivity index (χ1n) is 11.5. The van der Waals surface area contributed by atoms with E-state index in [1.54, 1.807) is 0 Å². The highest BCUT2D eigenvalue weighted by Crippen LogP contribution is 2.03. The Morgan fingerprint density at radius 1 is 0.788 bits per heavy atom. The molecule has 2 atom stereocenters. The Labute approximate surface area is 214 Å². The van der Waals surface area contributed by atoms with Crippen molar-refractivity contribution in [2.75, 3.05) is 19.8 Å². The van der Waals surface area contributed by atoms with Crippen molar-refractivity contribution in [1.82, 2.24) is 0 Å². The number of carbonyl (C=O) groups is 4. The van der Waals surface area contributed by atoms with Crippen LogP contribution in [0.1, 0.15) is 73.1 Å². The van der Waals surface area contributed by atoms with E-state index in [1.807, 2.05) is 34.6 Å². The van der Waals surface area contributed by atoms with E-state index in [1.165, 1.54) is 23.8 Å². The molecule has 0 radical (unpaired) electrons. The summed E-state index contributed by atoms with van der Waals surface area (Å²) in [6.45, 7) is 10.2. The van der Waals surface area contributed by atoms with E-state index < -0.39 is 30.0 Å². The number of esters is 3. The summed E-state index contributed by atoms with van der Waals surface area (Å²) in [5, 5.41) is 8.31. The van der Waals surface area contributed by atoms with E-state index in [-0.39, 0.29) is 43.9 Å². The van der Waals surface area contributed by atoms with Crippen LogP contribution in [0.2, 0.25) is 0 Å². The fraction of sp³-hybridized carbons (Fsp3) is 0.818. The molecule has 0 amide bonds. The molecule has 0 aliphatic rings. The second-order valence-electron chi connectivity index (χ2n) is 8.05. The zero-order chi connectivity index (χ0) is 27.1. The number of carboxylic acid groups (broad SMARTS) is 1. The zero-order valence-corrected chi connectivity index (χ0v) is 22.7. The van der Waals surface area contributed by atoms with E-state index in [0.29, 0.717) is 19.4 Å². The van der Waals surface area contributed by atoms with Crippen molar-refractivity contribution in [2.24, 2.45) is 23.3 Å². The molecule has 0 aliphatic heterocycles. The molecule has 0 fully saturated rings. The summed E-state index contributed by atoms with van der Waals surface area (Å²) in [6, 6.07) is -1.22. The van der Waals surface area contributed by atoms with Gasteiger partial charge in [-0.25, -0.2) is 0 Å². The summed E-state index contributed by atoms with van der Waals surface area (Å²) in [6.07, 6.45) is 2.95. The van der Waals surface area contributed by atoms with Gasteiger partial charge in [-0.1, -0.05) is 41.0 Å². The monoisotopic (exact) mass is 591 g/mol. The summed E-state index contributed by atoms with van der Waals surface area (Å²) < 4.78 is 20.4. The number of hydrogen-bond donors (Lipinski definition) is 3. The molecule has 0 saturated heterocycles. The Morgan fingerprint density at radius 3 is 1.55 bits per heavy atom. The average Bonchev–Trinajstić information content (AvgIpc) is 2.79. The lowest BCUT2D eigenvalue weighted by Gasteiger charge is -2.14. The minimum Gasteiger partial charge on any atom is -0.481 e. The summed E-state index contributed by atoms with van der Waals surface area (Å²) >= 11 is 1.40. The quantitative estimate of drug-likeness (QED) is 0.111. The zero-order valence-electron chi connectivity index (χ0n) is 21.5. The maximum atomic E-state index is 11.4. The Morgan fingerprint density at radius 2 is 1.18 bits per heavy atom. The van der Waals surface area contributed by atoms with Crippen molar-refractivity contribution in [3.63, 3.8) is 0 Å². The lowest BCUT2D eigenvalue weighted by molar-refractivity contribution is -0.149. The summed E-state index contributed by atoms with van der Waals surface area (Å²) in [4.78, 5) is 43.8. The predicted octanol–water partition coefficient (Wildman–Crippen LogP) is 2.63. The molecular formula is C22H43IN2O8. The van der Waals surface area contributed by atoms with Gasteiger partial charge in [0.15, 0.2) is 0 Å². The number of carbonyl (C=O) groups excluding carboxylic acids is 3. The number of nitrogens with two attached hydrogens (primary N) is 2. The number of carboxylic acids is 1. The third-order valence-electron chi connectivity index (χ3n) is 4.29. The van der Waals surface area contributed by atoms with Crippen molar-refractivity contribution < 1.29 is 38.5 Å². The SMILES string of the molecule is CC(C)[C@H](N)C(=O)OCCCC(=O)O.CCCCOC(=O)CCCOC(=O)[C@@H](N)C(C)C.[2H]I. The molecule has 5 N–H and O–H groups in total. The molecule has 0 rings (SSSR count). The lowest BCUT2D eigenvalue weighted by Crippen LogP contribution is -2.37. The van der Waals surface area contributed by atoms with E-state index in [9.17, 15) is 19.2 Å². The molecule has 10 nitrogen and oxygen atoms in total. The number of ether oxygens (including phenoxy) is 3. The van der Waals surface area contributed by atoms with Gasteiger partial charge in [0.25, 0.3) is 0 Å². The highest BCUT2D eigenvalue weighted by atomic mass is 127. The molecule has 196 valence electrons. The number of aliphatic carboxylic acids is 1. The first kappa shape index (κ1) is 33.7. The molecule has 0 heterocycles. The fourth-order valence-electron chi connectivity index (χ4n) is 1.92. The number of rotatable bonds is 15. The number of hydrogen-bond acceptors (Lipinski definition) is 9. The third kappa shape index (κ3) is 22.1. The number of unbranched alkanes of at least 4 members (excludes halogenated alkanes) is 1. The Bertz CT molecular complexity index is 565. The summed E-state index contributed by atoms with van der Waals surface area (Å²) in [5.74, 6) is -1.94. The molecule has 0 aromatic heterocycles. The van der Waals surface area contributed by atoms with Crippen LogP contribution in [0.25, 0.3) is 0 Å². The van der Waals surface area contributed by atoms with Gasteiger partial charge in [-0.15, -0.1) is 23.8 Å². The van der Waals surface area contributed by atoms with Gasteiger partial charge in [0.1, 0.15) is 12.7 Å². The highest BCUT2D eigenvalue weighted by molar-refractivity contribution is 14.0. The van der Waals surface area contributed by atoms with Gasteiger partial charge in [0, 0.05) is 12.8 Å². The van der Waals surface area contributed by atoms with E-state index in [2.05, 4.69) is 0 Å². The van der Waals surface area contributed by atoms with Crippen LogP contribution in [0.3, 0.4) is 0 Å². The smallest absolute Gasteiger partial charge is 0.323 e. The topological polar surface area (TPSA) is 168 Å². The Balaban J connectivity index is -0.000000541. The van der Waals surface area contributed by atoms with E-state index in [4.69, 9.17) is 31.4 Å². The Kier molecular flexibility index (Phi) is 22.8. The van der Waals surface area contributed by atoms with Gasteiger partial charge < -0.3 is 30.8 Å². The van der Waals surface area contributed by atoms with Crippen molar-refractivity contribution in [3.8, 4) is 0 Å². The minimum atomic E-state index is -0.894. The van der Waals surface area contributed by atoms with Crippen molar-refractivity contribution >= 4 is 47.7 Å². The highest BCUT2D eigenvalue weighted by Gasteiger charge is 2.19. The maximum Gasteiger partial charge on any atom is 0.323 e. The van der Waals surface area contributed by atoms with E-state index >= 15 is 0 Å². The number of halogens is 1. The fourth-order valence-corrected chi connectivity index (χ4v) is 1.92. The largest absolute Gasteiger partial charge is 0.481 e. The van der Waals surface area contributed by atoms with Crippen LogP contribution in [0.4, 0.5) is 0 Å². The normalized spacial score (nSPS) is 12.2. The third-order valence-corrected chi connectivity index (χ3v) is 4.29. The van der Waals surface area contributed by atoms with Crippen LogP contribution >= 0.6 is 23.8 Å². The van der Waals surface area contributed by atoms with Gasteiger partial charge in [0.05, 0.1) is 19.8 Å². The van der Waals surface area contributed by atoms with Crippen LogP contribution in [0.5, 0.6) is 0 Å². The first-order valence-corrected chi connectivity index (χ1v) is 11.2. The van der Waals surface area contributed by atoms with Crippen LogP contribution in [0.15, 0.2) is 0 Å². The molecular weight excluding hydrogens is 547 g/mol. The van der Waals surface area contributed by atoms with Crippen LogP contribution in [-0.4, -0.2) is 61.5 Å². The molecule has 0 spiro atoms. The minimum absolute atomic E-state index is 0.00416. The summed E-state index contributed by atoms with van der Waals surface area (Å²) in [7, 11) is 0. The van der Waals surface area contributed by atoms with Gasteiger partial charge in [-0.3, -0.25) is 19.2 Å². The molecule has 0 bridgehead atoms. The maximum absolute atomic E-state index is 11.4. The first-order chi connectivity index (χ1) is 15.9. The lowest BCUT2D eigenvalue weighted by atomic mass is 10.1. The molecule has 33 heavy (non-hydrogen) atoms. The van der Waals surface area contributed by atoms with Crippen LogP contribution in [0, 0.1) is 11.8 Å². The predicted molar refractivity (Wildman–Crippen MR) is 135 cm³/mol. The molecule has 0 aromatic carbocycles. The average molecular weight is 592 g/mol. The van der Waals surface area contributed by atoms with Crippen molar-refractivity contribution in [2.45, 2.75) is 85.2 Å². The molecule has 0 aliphatic carbocycles. The van der Waals surface area contributed by atoms with Crippen LogP contribution < -0.4 is 11.5 Å². The van der Waals surface area contributed by atoms with Crippen molar-refractivity contribution in [3.05, 3.63) is 0 Å². The van der Waals surface area contributed by atoms with Crippen molar-refractivity contribution in [1.29, 1.82) is 0.594 Å². The van der Waals surface area contributed by atoms with Crippen LogP contribution in [-0.2, 0) is 33.4 Å². The Hall–Kier alpha value is -1.47. The summed E-state index contributed by atoms with van der Waals surface area (Å²) in [5.41, 5.74) is 11.1. The van der Waals surface area contributed by atoms with E-state index in [0.717, 1.165) is 12.8 Å². The second-order valence-corrected chi connectivity index (χ2v) is 8.05. The van der Waals surface area contributed by atoms with Gasteiger partial charge in [-0.2, -0.15) is 0 Å². The van der Waals surface area contributed by atoms with Gasteiger partial charge >= 0.3 is 23.9 Å². The molecule has 0 aromatic rings. The van der Waals surface area contributed by atoms with Gasteiger partial charge in [-0.05, 0) is 31.1 Å².